The minimum absolute atomic E-state index is 0. The van der Waals surface area contributed by atoms with Crippen molar-refractivity contribution in [2.24, 2.45) is 4.99 Å². The molecule has 1 aliphatic heterocycles. The zero-order valence-electron chi connectivity index (χ0n) is 21.5. The summed E-state index contributed by atoms with van der Waals surface area (Å²) >= 11 is 0. The van der Waals surface area contributed by atoms with Gasteiger partial charge in [-0.3, -0.25) is 4.99 Å². The van der Waals surface area contributed by atoms with Gasteiger partial charge in [0, 0.05) is 44.7 Å². The zero-order chi connectivity index (χ0) is 25.2. The van der Waals surface area contributed by atoms with Crippen molar-refractivity contribution < 1.29 is 37.0 Å². The van der Waals surface area contributed by atoms with Crippen LogP contribution < -0.4 is 4.74 Å². The van der Waals surface area contributed by atoms with Crippen LogP contribution in [-0.2, 0) is 37.8 Å². The Labute approximate surface area is 226 Å². The van der Waals surface area contributed by atoms with Crippen molar-refractivity contribution in [3.63, 3.8) is 0 Å². The first-order valence-electron chi connectivity index (χ1n) is 12.4. The average Bonchev–Trinajstić information content (AvgIpc) is 3.22. The van der Waals surface area contributed by atoms with Gasteiger partial charge in [0.05, 0.1) is 1.37 Å². The molecule has 36 heavy (non-hydrogen) atoms. The number of fused-ring (bicyclic) bond motifs is 4. The third-order valence-corrected chi connectivity index (χ3v) is 6.85. The molecule has 0 saturated carbocycles. The first kappa shape index (κ1) is 23.2. The Hall–Kier alpha value is -3.17. The number of aromatic hydroxyl groups is 1. The van der Waals surface area contributed by atoms with Crippen LogP contribution in [0.4, 0.5) is 0 Å². The number of aryl methyl sites for hydroxylation is 1. The second-order valence-corrected chi connectivity index (χ2v) is 9.80. The molecule has 0 bridgehead atoms. The third kappa shape index (κ3) is 4.10. The number of nitrogens with zero attached hydrogens (tertiary/aromatic N) is 2. The van der Waals surface area contributed by atoms with Crippen molar-refractivity contribution in [3.05, 3.63) is 94.5 Å². The molecule has 0 amide bonds. The van der Waals surface area contributed by atoms with Crippen LogP contribution in [0.25, 0.3) is 10.9 Å². The van der Waals surface area contributed by atoms with Crippen molar-refractivity contribution in [2.75, 3.05) is 0 Å². The smallest absolute Gasteiger partial charge is 0.217 e. The molecule has 1 N–H and O–H groups in total. The number of rotatable bonds is 4. The van der Waals surface area contributed by atoms with Crippen molar-refractivity contribution in [2.45, 2.75) is 51.7 Å². The number of benzene rings is 3. The molecule has 0 spiro atoms. The summed E-state index contributed by atoms with van der Waals surface area (Å²) < 4.78 is 21.5. The van der Waals surface area contributed by atoms with Crippen LogP contribution in [0, 0.1) is 13.0 Å². The third-order valence-electron chi connectivity index (χ3n) is 6.85. The van der Waals surface area contributed by atoms with Gasteiger partial charge in [-0.15, -0.1) is 11.6 Å². The van der Waals surface area contributed by atoms with Crippen molar-refractivity contribution >= 4 is 16.8 Å². The minimum Gasteiger partial charge on any atom is -0.514 e. The molecule has 2 aliphatic rings. The van der Waals surface area contributed by atoms with Gasteiger partial charge < -0.3 is 14.6 Å². The van der Waals surface area contributed by atoms with E-state index in [1.165, 1.54) is 0 Å². The van der Waals surface area contributed by atoms with Gasteiger partial charge in [0.25, 0.3) is 0 Å². The Balaban J connectivity index is 0.00000280. The van der Waals surface area contributed by atoms with Crippen LogP contribution in [-0.4, -0.2) is 22.1 Å². The summed E-state index contributed by atoms with van der Waals surface area (Å²) in [4.78, 5) is 9.47. The summed E-state index contributed by atoms with van der Waals surface area (Å²) in [7, 11) is 0. The largest absolute Gasteiger partial charge is 0.514 e. The predicted octanol–water partition coefficient (Wildman–Crippen LogP) is 6.58. The van der Waals surface area contributed by atoms with E-state index in [0.717, 1.165) is 27.6 Å². The Kier molecular flexibility index (Phi) is 5.84. The van der Waals surface area contributed by atoms with Gasteiger partial charge in [-0.1, -0.05) is 55.8 Å². The number of aromatic nitrogens is 1. The van der Waals surface area contributed by atoms with E-state index in [4.69, 9.17) is 15.8 Å². The van der Waals surface area contributed by atoms with E-state index in [-0.39, 0.29) is 32.7 Å². The number of ether oxygens (including phenoxy) is 2. The summed E-state index contributed by atoms with van der Waals surface area (Å²) in [6, 6.07) is 22.6. The average molecular weight is 660 g/mol. The molecule has 5 nitrogen and oxygen atoms in total. The monoisotopic (exact) mass is 659 g/mol. The maximum atomic E-state index is 10.4. The summed E-state index contributed by atoms with van der Waals surface area (Å²) in [5.74, 6) is 1.57. The number of hydrogen-bond acceptors (Lipinski definition) is 5. The van der Waals surface area contributed by atoms with E-state index in [9.17, 15) is 5.11 Å². The fourth-order valence-corrected chi connectivity index (χ4v) is 4.94. The van der Waals surface area contributed by atoms with Gasteiger partial charge in [-0.05, 0) is 54.7 Å². The van der Waals surface area contributed by atoms with Crippen LogP contribution in [0.3, 0.4) is 0 Å². The molecule has 1 aliphatic carbocycles. The quantitative estimate of drug-likeness (QED) is 0.252. The van der Waals surface area contributed by atoms with Crippen molar-refractivity contribution in [1.29, 1.82) is 0 Å². The first-order chi connectivity index (χ1) is 17.1. The van der Waals surface area contributed by atoms with Gasteiger partial charge in [0.15, 0.2) is 0 Å². The molecule has 2 heterocycles. The molecular weight excluding hydrogens is 631 g/mol. The van der Waals surface area contributed by atoms with Crippen molar-refractivity contribution in [3.8, 4) is 17.4 Å². The van der Waals surface area contributed by atoms with E-state index in [0.29, 0.717) is 35.0 Å². The topological polar surface area (TPSA) is 63.9 Å². The van der Waals surface area contributed by atoms with Crippen LogP contribution >= 0.6 is 0 Å². The minimum atomic E-state index is -1.20. The van der Waals surface area contributed by atoms with E-state index in [1.807, 2.05) is 62.4 Å². The molecule has 6 heteroatoms. The van der Waals surface area contributed by atoms with Crippen LogP contribution in [0.15, 0.2) is 65.7 Å². The second kappa shape index (κ2) is 9.05. The van der Waals surface area contributed by atoms with E-state index >= 15 is 0 Å². The molecule has 0 unspecified atom stereocenters. The van der Waals surface area contributed by atoms with Gasteiger partial charge in [0.1, 0.15) is 28.8 Å². The maximum Gasteiger partial charge on any atom is 0.217 e. The molecule has 2 atom stereocenters. The standard InChI is InChI=1S/C30H27N2O3.Pt/c1-17(2)21-13-22(29-32-30(4)24-8-6-5-7-19(24)16-26(30)35-29)15-23(14-21)34-27-10-9-20-11-18(3)12-25(33)28(20)31-27;/h5-14,17,26,33H,16H2,1-4H3;/q-1;/t26-,30+;/m1./s1/i26D;. The Morgan fingerprint density at radius 1 is 1.17 bits per heavy atom. The number of phenols is 1. The second-order valence-electron chi connectivity index (χ2n) is 9.80. The van der Waals surface area contributed by atoms with Crippen molar-refractivity contribution in [1.82, 2.24) is 4.98 Å². The molecule has 186 valence electrons. The van der Waals surface area contributed by atoms with Crippen LogP contribution in [0.2, 0.25) is 0 Å². The van der Waals surface area contributed by atoms with E-state index in [1.54, 1.807) is 12.1 Å². The summed E-state index contributed by atoms with van der Waals surface area (Å²) in [5.41, 5.74) is 4.46. The van der Waals surface area contributed by atoms with Gasteiger partial charge in [-0.25, -0.2) is 4.98 Å². The number of hydrogen-bond donors (Lipinski definition) is 1. The van der Waals surface area contributed by atoms with Crippen LogP contribution in [0.5, 0.6) is 17.4 Å². The molecule has 0 radical (unpaired) electrons. The van der Waals surface area contributed by atoms with E-state index in [2.05, 4.69) is 24.9 Å². The molecule has 6 rings (SSSR count). The van der Waals surface area contributed by atoms with Gasteiger partial charge >= 0.3 is 0 Å². The fourth-order valence-electron chi connectivity index (χ4n) is 4.94. The summed E-state index contributed by atoms with van der Waals surface area (Å²) in [6.07, 6.45) is -0.728. The molecule has 0 saturated heterocycles. The van der Waals surface area contributed by atoms with Gasteiger partial charge in [-0.2, -0.15) is 0 Å². The molecular formula is C30H27N2O3Pt-. The Morgan fingerprint density at radius 3 is 2.78 bits per heavy atom. The maximum absolute atomic E-state index is 10.4. The van der Waals surface area contributed by atoms with Gasteiger partial charge in [0.2, 0.25) is 5.88 Å². The predicted molar refractivity (Wildman–Crippen MR) is 136 cm³/mol. The molecule has 1 aromatic heterocycles. The first-order valence-corrected chi connectivity index (χ1v) is 11.9. The number of pyridine rings is 1. The molecule has 3 aromatic carbocycles. The number of aliphatic imine (C=N–C) groups is 1. The van der Waals surface area contributed by atoms with E-state index < -0.39 is 11.6 Å². The normalized spacial score (nSPS) is 22.4. The Morgan fingerprint density at radius 2 is 1.97 bits per heavy atom. The molecule has 0 fully saturated rings. The van der Waals surface area contributed by atoms with Crippen LogP contribution in [0.1, 0.15) is 55.9 Å². The zero-order valence-corrected chi connectivity index (χ0v) is 22.8. The summed E-state index contributed by atoms with van der Waals surface area (Å²) in [6.45, 7) is 8.11. The molecule has 4 aromatic rings. The Bertz CT molecular complexity index is 1570. The summed E-state index contributed by atoms with van der Waals surface area (Å²) in [5, 5.41) is 11.2. The SMILES string of the molecule is [2H][C@@]12Cc3ccccc3[C@]1(C)N=C(c1[c-]c(Oc3ccc4cc(C)cc(O)c4n3)cc(C(C)C)c1)O2.[Pt]. The fraction of sp³-hybridized carbons (Fsp3) is 0.267. The number of phenolic OH excluding ortho intramolecular Hbond substituents is 1.